The van der Waals surface area contributed by atoms with Crippen LogP contribution in [0.5, 0.6) is 0 Å². The minimum absolute atomic E-state index is 0.00694. The number of carbonyl (C=O) groups is 1. The summed E-state index contributed by atoms with van der Waals surface area (Å²) in [4.78, 5) is 10.5. The molecule has 58 valence electrons. The summed E-state index contributed by atoms with van der Waals surface area (Å²) in [5.41, 5.74) is 0. The Kier molecular flexibility index (Phi) is 2.27. The van der Waals surface area contributed by atoms with Gasteiger partial charge < -0.3 is 9.47 Å². The van der Waals surface area contributed by atoms with Crippen LogP contribution in [0, 0.1) is 0 Å². The zero-order valence-electron chi connectivity index (χ0n) is 6.29. The quantitative estimate of drug-likeness (QED) is 0.536. The second-order valence-corrected chi connectivity index (χ2v) is 2.69. The summed E-state index contributed by atoms with van der Waals surface area (Å²) in [6.07, 6.45) is 0.588. The molecule has 1 fully saturated rings. The van der Waals surface area contributed by atoms with Crippen LogP contribution in [0.3, 0.4) is 0 Å². The van der Waals surface area contributed by atoms with Gasteiger partial charge in [-0.05, 0) is 13.8 Å². The summed E-state index contributed by atoms with van der Waals surface area (Å²) in [6.45, 7) is 4.32. The Balaban J connectivity index is 2.24. The Morgan fingerprint density at radius 2 is 2.40 bits per heavy atom. The largest absolute Gasteiger partial charge is 0.463 e. The molecule has 0 N–H and O–H groups in total. The monoisotopic (exact) mass is 144 g/mol. The third-order valence-corrected chi connectivity index (χ3v) is 1.29. The summed E-state index contributed by atoms with van der Waals surface area (Å²) in [5, 5.41) is 0. The van der Waals surface area contributed by atoms with E-state index in [2.05, 4.69) is 0 Å². The third kappa shape index (κ3) is 1.99. The second-order valence-electron chi connectivity index (χ2n) is 2.69. The smallest absolute Gasteiger partial charge is 0.308 e. The fourth-order valence-corrected chi connectivity index (χ4v) is 0.962. The molecule has 0 spiro atoms. The minimum Gasteiger partial charge on any atom is -0.463 e. The van der Waals surface area contributed by atoms with Crippen LogP contribution < -0.4 is 0 Å². The maximum absolute atomic E-state index is 10.5. The number of hydrogen-bond acceptors (Lipinski definition) is 3. The lowest BCUT2D eigenvalue weighted by Gasteiger charge is -2.10. The molecule has 0 radical (unpaired) electrons. The van der Waals surface area contributed by atoms with E-state index in [4.69, 9.17) is 9.47 Å². The van der Waals surface area contributed by atoms with Gasteiger partial charge in [-0.3, -0.25) is 4.79 Å². The van der Waals surface area contributed by atoms with Gasteiger partial charge in [0.05, 0.1) is 12.5 Å². The highest BCUT2D eigenvalue weighted by Gasteiger charge is 2.24. The number of esters is 1. The molecule has 0 saturated carbocycles. The topological polar surface area (TPSA) is 35.5 Å². The van der Waals surface area contributed by atoms with Gasteiger partial charge >= 0.3 is 5.97 Å². The van der Waals surface area contributed by atoms with E-state index < -0.39 is 0 Å². The molecule has 1 rings (SSSR count). The minimum atomic E-state index is -0.148. The molecule has 1 aliphatic rings. The van der Waals surface area contributed by atoms with E-state index in [1.54, 1.807) is 0 Å². The molecule has 1 aliphatic heterocycles. The first-order valence-electron chi connectivity index (χ1n) is 3.49. The van der Waals surface area contributed by atoms with Crippen molar-refractivity contribution in [3.8, 4) is 0 Å². The lowest BCUT2D eigenvalue weighted by atomic mass is 10.3. The Bertz CT molecular complexity index is 131. The van der Waals surface area contributed by atoms with Gasteiger partial charge in [0.2, 0.25) is 0 Å². The van der Waals surface area contributed by atoms with Crippen LogP contribution in [0.2, 0.25) is 0 Å². The van der Waals surface area contributed by atoms with Gasteiger partial charge in [-0.2, -0.15) is 0 Å². The van der Waals surface area contributed by atoms with Gasteiger partial charge in [-0.25, -0.2) is 0 Å². The molecule has 1 heterocycles. The fourth-order valence-electron chi connectivity index (χ4n) is 0.962. The molecule has 1 unspecified atom stereocenters. The molecule has 1 atom stereocenters. The number of ether oxygens (including phenoxy) is 2. The molecule has 0 bridgehead atoms. The van der Waals surface area contributed by atoms with Crippen molar-refractivity contribution < 1.29 is 14.3 Å². The first kappa shape index (κ1) is 7.54. The molecule has 0 aromatic heterocycles. The first-order valence-corrected chi connectivity index (χ1v) is 3.49. The molecule has 10 heavy (non-hydrogen) atoms. The van der Waals surface area contributed by atoms with Crippen LogP contribution in [0.25, 0.3) is 0 Å². The van der Waals surface area contributed by atoms with Gasteiger partial charge in [-0.15, -0.1) is 0 Å². The van der Waals surface area contributed by atoms with Crippen LogP contribution in [0.1, 0.15) is 20.3 Å². The summed E-state index contributed by atoms with van der Waals surface area (Å²) in [6, 6.07) is 0. The van der Waals surface area contributed by atoms with E-state index in [0.717, 1.165) is 0 Å². The zero-order chi connectivity index (χ0) is 7.56. The van der Waals surface area contributed by atoms with Crippen molar-refractivity contribution >= 4 is 5.97 Å². The van der Waals surface area contributed by atoms with E-state index in [0.29, 0.717) is 13.0 Å². The predicted octanol–water partition coefficient (Wildman–Crippen LogP) is 0.727. The van der Waals surface area contributed by atoms with Crippen LogP contribution in [-0.4, -0.2) is 24.8 Å². The van der Waals surface area contributed by atoms with E-state index in [-0.39, 0.29) is 18.2 Å². The van der Waals surface area contributed by atoms with E-state index in [1.165, 1.54) is 0 Å². The highest BCUT2D eigenvalue weighted by Crippen LogP contribution is 2.11. The highest BCUT2D eigenvalue weighted by molar-refractivity contribution is 5.71. The lowest BCUT2D eigenvalue weighted by molar-refractivity contribution is -0.137. The summed E-state index contributed by atoms with van der Waals surface area (Å²) in [5.74, 6) is -0.148. The molecular weight excluding hydrogens is 132 g/mol. The van der Waals surface area contributed by atoms with Crippen molar-refractivity contribution in [1.29, 1.82) is 0 Å². The fraction of sp³-hybridized carbons (Fsp3) is 0.857. The van der Waals surface area contributed by atoms with Crippen LogP contribution >= 0.6 is 0 Å². The predicted molar refractivity (Wildman–Crippen MR) is 35.6 cm³/mol. The van der Waals surface area contributed by atoms with Crippen LogP contribution in [0.15, 0.2) is 0 Å². The first-order chi connectivity index (χ1) is 4.68. The van der Waals surface area contributed by atoms with Crippen molar-refractivity contribution in [2.75, 3.05) is 6.61 Å². The van der Waals surface area contributed by atoms with Gasteiger partial charge in [-0.1, -0.05) is 0 Å². The van der Waals surface area contributed by atoms with Crippen molar-refractivity contribution in [3.05, 3.63) is 0 Å². The molecule has 0 aliphatic carbocycles. The number of hydrogen-bond donors (Lipinski definition) is 0. The molecule has 3 nitrogen and oxygen atoms in total. The van der Waals surface area contributed by atoms with Crippen LogP contribution in [0.4, 0.5) is 0 Å². The van der Waals surface area contributed by atoms with Gasteiger partial charge in [0.25, 0.3) is 0 Å². The third-order valence-electron chi connectivity index (χ3n) is 1.29. The molecule has 1 saturated heterocycles. The summed E-state index contributed by atoms with van der Waals surface area (Å²) in [7, 11) is 0. The standard InChI is InChI=1S/C7H12O3/c1-5(2)10-6-3-7(8)9-4-6/h5-6H,3-4H2,1-2H3. The van der Waals surface area contributed by atoms with Crippen molar-refractivity contribution in [1.82, 2.24) is 0 Å². The summed E-state index contributed by atoms with van der Waals surface area (Å²) < 4.78 is 10.0. The average Bonchev–Trinajstić information content (AvgIpc) is 2.13. The number of rotatable bonds is 2. The number of carbonyl (C=O) groups excluding carboxylic acids is 1. The molecule has 0 amide bonds. The SMILES string of the molecule is CC(C)OC1COC(=O)C1. The number of cyclic esters (lactones) is 1. The Morgan fingerprint density at radius 1 is 1.70 bits per heavy atom. The van der Waals surface area contributed by atoms with Crippen LogP contribution in [-0.2, 0) is 14.3 Å². The van der Waals surface area contributed by atoms with Gasteiger partial charge in [0.1, 0.15) is 12.7 Å². The highest BCUT2D eigenvalue weighted by atomic mass is 16.6. The zero-order valence-corrected chi connectivity index (χ0v) is 6.29. The van der Waals surface area contributed by atoms with Crippen molar-refractivity contribution in [2.24, 2.45) is 0 Å². The van der Waals surface area contributed by atoms with Crippen molar-refractivity contribution in [3.63, 3.8) is 0 Å². The van der Waals surface area contributed by atoms with E-state index in [9.17, 15) is 4.79 Å². The lowest BCUT2D eigenvalue weighted by Crippen LogP contribution is -2.17. The molecule has 0 aromatic rings. The average molecular weight is 144 g/mol. The Morgan fingerprint density at radius 3 is 2.80 bits per heavy atom. The molecule has 0 aromatic carbocycles. The maximum Gasteiger partial charge on any atom is 0.308 e. The summed E-state index contributed by atoms with van der Waals surface area (Å²) >= 11 is 0. The molecular formula is C7H12O3. The second kappa shape index (κ2) is 3.01. The van der Waals surface area contributed by atoms with Gasteiger partial charge in [0, 0.05) is 0 Å². The maximum atomic E-state index is 10.5. The van der Waals surface area contributed by atoms with Crippen molar-refractivity contribution in [2.45, 2.75) is 32.5 Å². The Hall–Kier alpha value is -0.570. The van der Waals surface area contributed by atoms with E-state index in [1.807, 2.05) is 13.8 Å². The van der Waals surface area contributed by atoms with Gasteiger partial charge in [0.15, 0.2) is 0 Å². The normalized spacial score (nSPS) is 25.5. The molecule has 3 heteroatoms. The Labute approximate surface area is 60.3 Å². The van der Waals surface area contributed by atoms with E-state index >= 15 is 0 Å².